The van der Waals surface area contributed by atoms with Gasteiger partial charge in [0, 0.05) is 18.2 Å². The van der Waals surface area contributed by atoms with Crippen LogP contribution in [0.25, 0.3) is 11.1 Å². The number of ether oxygens (including phenoxy) is 5. The SMILES string of the molecule is COc1cc(OCc2cccc(-c3cccc(COc4cc(OC)c(OC)cc4Cl)c3C)c2C)c(Cl)cc1C=O. The van der Waals surface area contributed by atoms with Gasteiger partial charge < -0.3 is 23.7 Å². The van der Waals surface area contributed by atoms with Gasteiger partial charge in [0.05, 0.1) is 36.9 Å². The lowest BCUT2D eigenvalue weighted by Gasteiger charge is -2.18. The van der Waals surface area contributed by atoms with Gasteiger partial charge in [-0.15, -0.1) is 0 Å². The summed E-state index contributed by atoms with van der Waals surface area (Å²) in [4.78, 5) is 11.3. The fourth-order valence-electron chi connectivity index (χ4n) is 4.45. The topological polar surface area (TPSA) is 63.2 Å². The zero-order valence-electron chi connectivity index (χ0n) is 23.0. The second-order valence-electron chi connectivity index (χ2n) is 9.04. The first kappa shape index (κ1) is 29.1. The van der Waals surface area contributed by atoms with Gasteiger partial charge >= 0.3 is 0 Å². The minimum absolute atomic E-state index is 0.294. The third-order valence-electron chi connectivity index (χ3n) is 6.80. The van der Waals surface area contributed by atoms with Crippen molar-refractivity contribution in [3.05, 3.63) is 98.5 Å². The molecule has 0 aromatic heterocycles. The Hall–Kier alpha value is -3.87. The van der Waals surface area contributed by atoms with E-state index in [9.17, 15) is 4.79 Å². The van der Waals surface area contributed by atoms with E-state index in [0.29, 0.717) is 63.9 Å². The van der Waals surface area contributed by atoms with Crippen molar-refractivity contribution in [3.8, 4) is 39.9 Å². The predicted octanol–water partition coefficient (Wildman–Crippen LogP) is 8.27. The third-order valence-corrected chi connectivity index (χ3v) is 7.39. The maximum absolute atomic E-state index is 11.3. The fourth-order valence-corrected chi connectivity index (χ4v) is 4.88. The first-order chi connectivity index (χ1) is 19.3. The van der Waals surface area contributed by atoms with Gasteiger partial charge in [-0.2, -0.15) is 0 Å². The highest BCUT2D eigenvalue weighted by Crippen LogP contribution is 2.38. The summed E-state index contributed by atoms with van der Waals surface area (Å²) in [6, 6.07) is 18.8. The van der Waals surface area contributed by atoms with E-state index in [0.717, 1.165) is 33.4 Å². The van der Waals surface area contributed by atoms with Gasteiger partial charge in [-0.25, -0.2) is 0 Å². The van der Waals surface area contributed by atoms with Crippen molar-refractivity contribution in [3.63, 3.8) is 0 Å². The van der Waals surface area contributed by atoms with Gasteiger partial charge in [0.15, 0.2) is 17.8 Å². The highest BCUT2D eigenvalue weighted by atomic mass is 35.5. The van der Waals surface area contributed by atoms with Gasteiger partial charge in [-0.1, -0.05) is 59.6 Å². The van der Waals surface area contributed by atoms with E-state index < -0.39 is 0 Å². The fraction of sp³-hybridized carbons (Fsp3) is 0.219. The molecule has 0 aliphatic carbocycles. The molecule has 0 saturated heterocycles. The van der Waals surface area contributed by atoms with Crippen LogP contribution in [0.4, 0.5) is 0 Å². The second kappa shape index (κ2) is 13.0. The van der Waals surface area contributed by atoms with Crippen molar-refractivity contribution in [2.45, 2.75) is 27.1 Å². The van der Waals surface area contributed by atoms with Crippen LogP contribution in [-0.4, -0.2) is 27.6 Å². The van der Waals surface area contributed by atoms with Crippen molar-refractivity contribution in [2.24, 2.45) is 0 Å². The van der Waals surface area contributed by atoms with Crippen LogP contribution >= 0.6 is 23.2 Å². The Morgan fingerprint density at radius 2 is 1.07 bits per heavy atom. The molecule has 0 heterocycles. The van der Waals surface area contributed by atoms with E-state index >= 15 is 0 Å². The van der Waals surface area contributed by atoms with Crippen LogP contribution in [0.1, 0.15) is 32.6 Å². The first-order valence-electron chi connectivity index (χ1n) is 12.5. The summed E-state index contributed by atoms with van der Waals surface area (Å²) in [5.41, 5.74) is 6.75. The summed E-state index contributed by atoms with van der Waals surface area (Å²) >= 11 is 12.8. The average molecular weight is 581 g/mol. The van der Waals surface area contributed by atoms with Gasteiger partial charge in [-0.05, 0) is 53.3 Å². The molecule has 40 heavy (non-hydrogen) atoms. The molecule has 0 fully saturated rings. The third kappa shape index (κ3) is 6.14. The number of aldehydes is 1. The lowest BCUT2D eigenvalue weighted by molar-refractivity contribution is 0.112. The molecule has 0 atom stereocenters. The van der Waals surface area contributed by atoms with Crippen LogP contribution in [0.5, 0.6) is 28.7 Å². The molecule has 0 radical (unpaired) electrons. The minimum atomic E-state index is 0.294. The molecule has 8 heteroatoms. The summed E-state index contributed by atoms with van der Waals surface area (Å²) < 4.78 is 28.1. The van der Waals surface area contributed by atoms with Crippen molar-refractivity contribution in [1.82, 2.24) is 0 Å². The molecule has 0 bridgehead atoms. The monoisotopic (exact) mass is 580 g/mol. The summed E-state index contributed by atoms with van der Waals surface area (Å²) in [7, 11) is 4.63. The van der Waals surface area contributed by atoms with Gasteiger partial charge in [0.2, 0.25) is 0 Å². The standard InChI is InChI=1S/C32H30Cl2O6/c1-19-21(17-39-29-14-28(36-3)23(16-35)12-26(29)33)8-6-10-24(19)25-11-7-9-22(20(25)2)18-40-30-15-32(38-5)31(37-4)13-27(30)34/h6-16H,17-18H2,1-5H3. The smallest absolute Gasteiger partial charge is 0.164 e. The normalized spacial score (nSPS) is 10.7. The Kier molecular flexibility index (Phi) is 9.46. The first-order valence-corrected chi connectivity index (χ1v) is 13.2. The second-order valence-corrected chi connectivity index (χ2v) is 9.85. The number of carbonyl (C=O) groups excluding carboxylic acids is 1. The summed E-state index contributed by atoms with van der Waals surface area (Å²) in [5.74, 6) is 2.44. The quantitative estimate of drug-likeness (QED) is 0.166. The molecule has 0 spiro atoms. The maximum atomic E-state index is 11.3. The largest absolute Gasteiger partial charge is 0.496 e. The molecule has 4 aromatic carbocycles. The summed E-state index contributed by atoms with van der Waals surface area (Å²) in [5, 5.41) is 0.781. The van der Waals surface area contributed by atoms with E-state index in [4.69, 9.17) is 46.9 Å². The molecule has 0 N–H and O–H groups in total. The Balaban J connectivity index is 1.56. The number of halogens is 2. The molecule has 0 aliphatic heterocycles. The molecule has 0 unspecified atom stereocenters. The summed E-state index contributed by atoms with van der Waals surface area (Å²) in [6.07, 6.45) is 0.700. The van der Waals surface area contributed by atoms with Gasteiger partial charge in [0.1, 0.15) is 30.5 Å². The molecule has 0 aliphatic rings. The molecule has 6 nitrogen and oxygen atoms in total. The molecule has 208 valence electrons. The van der Waals surface area contributed by atoms with E-state index in [-0.39, 0.29) is 0 Å². The van der Waals surface area contributed by atoms with Crippen LogP contribution in [0.15, 0.2) is 60.7 Å². The molecule has 4 rings (SSSR count). The van der Waals surface area contributed by atoms with Crippen molar-refractivity contribution in [2.75, 3.05) is 21.3 Å². The lowest BCUT2D eigenvalue weighted by Crippen LogP contribution is -2.03. The highest BCUT2D eigenvalue weighted by Gasteiger charge is 2.15. The predicted molar refractivity (Wildman–Crippen MR) is 158 cm³/mol. The lowest BCUT2D eigenvalue weighted by atomic mass is 9.92. The molecule has 0 saturated carbocycles. The number of hydrogen-bond acceptors (Lipinski definition) is 6. The van der Waals surface area contributed by atoms with Crippen LogP contribution in [-0.2, 0) is 13.2 Å². The highest BCUT2D eigenvalue weighted by molar-refractivity contribution is 6.32. The Labute approximate surface area is 244 Å². The van der Waals surface area contributed by atoms with E-state index in [2.05, 4.69) is 26.0 Å². The number of rotatable bonds is 11. The Bertz CT molecular complexity index is 1530. The van der Waals surface area contributed by atoms with E-state index in [1.165, 1.54) is 13.2 Å². The van der Waals surface area contributed by atoms with Gasteiger partial charge in [0.25, 0.3) is 0 Å². The van der Waals surface area contributed by atoms with E-state index in [1.54, 1.807) is 32.4 Å². The summed E-state index contributed by atoms with van der Waals surface area (Å²) in [6.45, 7) is 4.77. The van der Waals surface area contributed by atoms with Crippen molar-refractivity contribution in [1.29, 1.82) is 0 Å². The molecular weight excluding hydrogens is 551 g/mol. The molecule has 0 amide bonds. The Morgan fingerprint density at radius 3 is 1.55 bits per heavy atom. The van der Waals surface area contributed by atoms with Crippen LogP contribution in [0.2, 0.25) is 10.0 Å². The zero-order chi connectivity index (χ0) is 28.8. The number of hydrogen-bond donors (Lipinski definition) is 0. The van der Waals surface area contributed by atoms with Crippen molar-refractivity contribution >= 4 is 29.5 Å². The van der Waals surface area contributed by atoms with Crippen LogP contribution < -0.4 is 23.7 Å². The Morgan fingerprint density at radius 1 is 0.625 bits per heavy atom. The van der Waals surface area contributed by atoms with Crippen LogP contribution in [0.3, 0.4) is 0 Å². The minimum Gasteiger partial charge on any atom is -0.496 e. The van der Waals surface area contributed by atoms with E-state index in [1.807, 2.05) is 24.3 Å². The zero-order valence-corrected chi connectivity index (χ0v) is 24.5. The number of methoxy groups -OCH3 is 3. The maximum Gasteiger partial charge on any atom is 0.164 e. The number of carbonyl (C=O) groups is 1. The van der Waals surface area contributed by atoms with Crippen molar-refractivity contribution < 1.29 is 28.5 Å². The number of benzene rings is 4. The average Bonchev–Trinajstić information content (AvgIpc) is 2.96. The molecular formula is C32H30Cl2O6. The molecule has 4 aromatic rings. The van der Waals surface area contributed by atoms with Gasteiger partial charge in [-0.3, -0.25) is 4.79 Å². The van der Waals surface area contributed by atoms with Crippen LogP contribution in [0, 0.1) is 13.8 Å².